The van der Waals surface area contributed by atoms with Crippen molar-refractivity contribution < 1.29 is 9.90 Å². The number of amides is 1. The van der Waals surface area contributed by atoms with Gasteiger partial charge in [-0.1, -0.05) is 12.1 Å². The molecule has 4 heteroatoms. The summed E-state index contributed by atoms with van der Waals surface area (Å²) in [4.78, 5) is 14.4. The van der Waals surface area contributed by atoms with Gasteiger partial charge in [-0.05, 0) is 50.8 Å². The molecule has 1 amide bonds. The third kappa shape index (κ3) is 2.73. The smallest absolute Gasteiger partial charge is 0.257 e. The molecule has 1 aliphatic rings. The van der Waals surface area contributed by atoms with Gasteiger partial charge in [-0.25, -0.2) is 0 Å². The molecule has 0 bridgehead atoms. The second kappa shape index (κ2) is 5.61. The van der Waals surface area contributed by atoms with Gasteiger partial charge >= 0.3 is 0 Å². The molecule has 1 fully saturated rings. The van der Waals surface area contributed by atoms with Crippen LogP contribution < -0.4 is 5.73 Å². The topological polar surface area (TPSA) is 66.6 Å². The quantitative estimate of drug-likeness (QED) is 0.855. The zero-order valence-electron chi connectivity index (χ0n) is 11.6. The summed E-state index contributed by atoms with van der Waals surface area (Å²) < 4.78 is 0. The standard InChI is InChI=1S/C15H22N2O2/c1-10-4-3-5-13(14(10)18)15(19)17-9-12(8-16)7-6-11(17)2/h3-5,11-12,18H,6-9,16H2,1-2H3. The fourth-order valence-corrected chi connectivity index (χ4v) is 2.64. The first-order valence-electron chi connectivity index (χ1n) is 6.84. The Morgan fingerprint density at radius 2 is 2.21 bits per heavy atom. The molecule has 0 aliphatic carbocycles. The highest BCUT2D eigenvalue weighted by molar-refractivity contribution is 5.97. The molecule has 2 rings (SSSR count). The van der Waals surface area contributed by atoms with Crippen molar-refractivity contribution in [3.8, 4) is 5.75 Å². The van der Waals surface area contributed by atoms with Crippen LogP contribution >= 0.6 is 0 Å². The summed E-state index contributed by atoms with van der Waals surface area (Å²) in [7, 11) is 0. The van der Waals surface area contributed by atoms with Crippen LogP contribution in [0.5, 0.6) is 5.75 Å². The number of para-hydroxylation sites is 1. The first kappa shape index (κ1) is 13.9. The van der Waals surface area contributed by atoms with Crippen molar-refractivity contribution in [2.24, 2.45) is 11.7 Å². The van der Waals surface area contributed by atoms with Crippen molar-refractivity contribution in [1.82, 2.24) is 4.90 Å². The van der Waals surface area contributed by atoms with E-state index in [0.717, 1.165) is 18.4 Å². The molecule has 0 aromatic heterocycles. The Kier molecular flexibility index (Phi) is 4.10. The molecule has 2 atom stereocenters. The Balaban J connectivity index is 2.24. The lowest BCUT2D eigenvalue weighted by Gasteiger charge is -2.37. The molecule has 0 spiro atoms. The number of phenolic OH excluding ortho intramolecular Hbond substituents is 1. The SMILES string of the molecule is Cc1cccc(C(=O)N2CC(CN)CCC2C)c1O. The van der Waals surface area contributed by atoms with E-state index in [2.05, 4.69) is 6.92 Å². The Morgan fingerprint density at radius 3 is 2.89 bits per heavy atom. The van der Waals surface area contributed by atoms with E-state index < -0.39 is 0 Å². The number of likely N-dealkylation sites (tertiary alicyclic amines) is 1. The number of benzene rings is 1. The Hall–Kier alpha value is -1.55. The third-order valence-corrected chi connectivity index (χ3v) is 4.04. The zero-order valence-corrected chi connectivity index (χ0v) is 11.6. The predicted octanol–water partition coefficient (Wildman–Crippen LogP) is 1.90. The number of hydrogen-bond donors (Lipinski definition) is 2. The van der Waals surface area contributed by atoms with Crippen LogP contribution in [0.15, 0.2) is 18.2 Å². The van der Waals surface area contributed by atoms with E-state index in [0.29, 0.717) is 24.6 Å². The molecule has 0 radical (unpaired) electrons. The van der Waals surface area contributed by atoms with E-state index in [1.807, 2.05) is 4.90 Å². The lowest BCUT2D eigenvalue weighted by Crippen LogP contribution is -2.47. The van der Waals surface area contributed by atoms with E-state index in [-0.39, 0.29) is 17.7 Å². The fraction of sp³-hybridized carbons (Fsp3) is 0.533. The van der Waals surface area contributed by atoms with Crippen LogP contribution in [0.1, 0.15) is 35.7 Å². The molecule has 0 saturated carbocycles. The molecule has 2 unspecified atom stereocenters. The summed E-state index contributed by atoms with van der Waals surface area (Å²) in [5, 5.41) is 10.0. The minimum Gasteiger partial charge on any atom is -0.507 e. The highest BCUT2D eigenvalue weighted by atomic mass is 16.3. The summed E-state index contributed by atoms with van der Waals surface area (Å²) >= 11 is 0. The van der Waals surface area contributed by atoms with Crippen molar-refractivity contribution in [3.63, 3.8) is 0 Å². The number of nitrogens with zero attached hydrogens (tertiary/aromatic N) is 1. The highest BCUT2D eigenvalue weighted by Gasteiger charge is 2.30. The van der Waals surface area contributed by atoms with Crippen molar-refractivity contribution in [2.75, 3.05) is 13.1 Å². The lowest BCUT2D eigenvalue weighted by atomic mass is 9.92. The van der Waals surface area contributed by atoms with E-state index in [1.165, 1.54) is 0 Å². The summed E-state index contributed by atoms with van der Waals surface area (Å²) in [6.07, 6.45) is 2.04. The predicted molar refractivity (Wildman–Crippen MR) is 75.1 cm³/mol. The van der Waals surface area contributed by atoms with Crippen molar-refractivity contribution >= 4 is 5.91 Å². The first-order valence-corrected chi connectivity index (χ1v) is 6.84. The molecule has 1 aromatic rings. The normalized spacial score (nSPS) is 23.4. The zero-order chi connectivity index (χ0) is 14.0. The van der Waals surface area contributed by atoms with Crippen LogP contribution in [-0.4, -0.2) is 35.0 Å². The maximum absolute atomic E-state index is 12.6. The van der Waals surface area contributed by atoms with Crippen LogP contribution in [0.3, 0.4) is 0 Å². The Labute approximate surface area is 114 Å². The van der Waals surface area contributed by atoms with Gasteiger partial charge in [0.25, 0.3) is 5.91 Å². The molecule has 1 heterocycles. The third-order valence-electron chi connectivity index (χ3n) is 4.04. The number of hydrogen-bond acceptors (Lipinski definition) is 3. The molecule has 19 heavy (non-hydrogen) atoms. The number of phenols is 1. The van der Waals surface area contributed by atoms with Crippen LogP contribution in [0.4, 0.5) is 0 Å². The molecule has 104 valence electrons. The van der Waals surface area contributed by atoms with Gasteiger partial charge in [0.05, 0.1) is 5.56 Å². The second-order valence-electron chi connectivity index (χ2n) is 5.46. The van der Waals surface area contributed by atoms with Crippen molar-refractivity contribution in [1.29, 1.82) is 0 Å². The minimum absolute atomic E-state index is 0.0909. The summed E-state index contributed by atoms with van der Waals surface area (Å²) in [5.41, 5.74) is 6.84. The minimum atomic E-state index is -0.0909. The van der Waals surface area contributed by atoms with Gasteiger partial charge < -0.3 is 15.7 Å². The number of rotatable bonds is 2. The van der Waals surface area contributed by atoms with Crippen LogP contribution in [-0.2, 0) is 0 Å². The molecular formula is C15H22N2O2. The second-order valence-corrected chi connectivity index (χ2v) is 5.46. The van der Waals surface area contributed by atoms with E-state index in [4.69, 9.17) is 5.73 Å². The molecule has 3 N–H and O–H groups in total. The van der Waals surface area contributed by atoms with Crippen molar-refractivity contribution in [2.45, 2.75) is 32.7 Å². The fourth-order valence-electron chi connectivity index (χ4n) is 2.64. The number of carbonyl (C=O) groups excluding carboxylic acids is 1. The van der Waals surface area contributed by atoms with Gasteiger partial charge in [-0.15, -0.1) is 0 Å². The van der Waals surface area contributed by atoms with Crippen LogP contribution in [0.25, 0.3) is 0 Å². The summed E-state index contributed by atoms with van der Waals surface area (Å²) in [5.74, 6) is 0.369. The van der Waals surface area contributed by atoms with Gasteiger partial charge in [0, 0.05) is 12.6 Å². The number of aromatic hydroxyl groups is 1. The van der Waals surface area contributed by atoms with E-state index in [1.54, 1.807) is 25.1 Å². The monoisotopic (exact) mass is 262 g/mol. The molecule has 4 nitrogen and oxygen atoms in total. The van der Waals surface area contributed by atoms with Gasteiger partial charge in [-0.3, -0.25) is 4.79 Å². The maximum atomic E-state index is 12.6. The van der Waals surface area contributed by atoms with Gasteiger partial charge in [0.15, 0.2) is 0 Å². The maximum Gasteiger partial charge on any atom is 0.257 e. The molecular weight excluding hydrogens is 240 g/mol. The molecule has 1 saturated heterocycles. The number of carbonyl (C=O) groups is 1. The van der Waals surface area contributed by atoms with Gasteiger partial charge in [-0.2, -0.15) is 0 Å². The number of nitrogens with two attached hydrogens (primary N) is 1. The van der Waals surface area contributed by atoms with Crippen LogP contribution in [0.2, 0.25) is 0 Å². The van der Waals surface area contributed by atoms with E-state index >= 15 is 0 Å². The van der Waals surface area contributed by atoms with Gasteiger partial charge in [0.2, 0.25) is 0 Å². The summed E-state index contributed by atoms with van der Waals surface area (Å²) in [6, 6.07) is 5.49. The van der Waals surface area contributed by atoms with Crippen LogP contribution in [0, 0.1) is 12.8 Å². The van der Waals surface area contributed by atoms with Gasteiger partial charge in [0.1, 0.15) is 5.75 Å². The number of aryl methyl sites for hydroxylation is 1. The lowest BCUT2D eigenvalue weighted by molar-refractivity contribution is 0.0564. The average molecular weight is 262 g/mol. The molecule has 1 aliphatic heterocycles. The highest BCUT2D eigenvalue weighted by Crippen LogP contribution is 2.27. The van der Waals surface area contributed by atoms with E-state index in [9.17, 15) is 9.90 Å². The largest absolute Gasteiger partial charge is 0.507 e. The average Bonchev–Trinajstić information content (AvgIpc) is 2.42. The Bertz CT molecular complexity index is 473. The van der Waals surface area contributed by atoms with Crippen molar-refractivity contribution in [3.05, 3.63) is 29.3 Å². The summed E-state index contributed by atoms with van der Waals surface area (Å²) in [6.45, 7) is 5.14. The number of piperidine rings is 1. The molecule has 1 aromatic carbocycles. The first-order chi connectivity index (χ1) is 9.04. The Morgan fingerprint density at radius 1 is 1.47 bits per heavy atom.